The first-order chi connectivity index (χ1) is 8.49. The van der Waals surface area contributed by atoms with Crippen molar-refractivity contribution in [1.29, 1.82) is 0 Å². The Morgan fingerprint density at radius 3 is 2.28 bits per heavy atom. The minimum Gasteiger partial charge on any atom is -0.288 e. The average Bonchev–Trinajstić information content (AvgIpc) is 2.34. The first-order valence-electron chi connectivity index (χ1n) is 5.25. The third-order valence-corrected chi connectivity index (χ3v) is 3.18. The fraction of sp³-hybridized carbons (Fsp3) is 0.0714. The van der Waals surface area contributed by atoms with Gasteiger partial charge in [0.25, 0.3) is 0 Å². The molecule has 0 N–H and O–H groups in total. The van der Waals surface area contributed by atoms with Crippen molar-refractivity contribution in [2.75, 3.05) is 0 Å². The molecule has 0 aliphatic rings. The third kappa shape index (κ3) is 2.48. The lowest BCUT2D eigenvalue weighted by molar-refractivity contribution is 0.103. The maximum absolute atomic E-state index is 13.6. The molecule has 0 spiro atoms. The third-order valence-electron chi connectivity index (χ3n) is 2.57. The smallest absolute Gasteiger partial charge is 0.196 e. The normalized spacial score (nSPS) is 10.4. The van der Waals surface area contributed by atoms with Gasteiger partial charge in [-0.15, -0.1) is 0 Å². The Hall–Kier alpha value is -1.55. The van der Waals surface area contributed by atoms with Crippen LogP contribution in [0.25, 0.3) is 0 Å². The molecule has 18 heavy (non-hydrogen) atoms. The largest absolute Gasteiger partial charge is 0.288 e. The van der Waals surface area contributed by atoms with Crippen LogP contribution in [0.4, 0.5) is 8.78 Å². The summed E-state index contributed by atoms with van der Waals surface area (Å²) in [6.45, 7) is 1.88. The zero-order chi connectivity index (χ0) is 13.3. The molecule has 0 bridgehead atoms. The van der Waals surface area contributed by atoms with Crippen LogP contribution in [0.2, 0.25) is 0 Å². The number of hydrogen-bond acceptors (Lipinski definition) is 1. The Kier molecular flexibility index (Phi) is 3.57. The molecule has 2 rings (SSSR count). The van der Waals surface area contributed by atoms with Gasteiger partial charge >= 0.3 is 0 Å². The zero-order valence-electron chi connectivity index (χ0n) is 9.51. The zero-order valence-corrected chi connectivity index (χ0v) is 11.1. The standard InChI is InChI=1S/C14H9BrF2O/c1-8-2-4-9(5-3-8)14(18)10-6-13(17)11(15)7-12(10)16/h2-7H,1H3. The van der Waals surface area contributed by atoms with Gasteiger partial charge in [0.2, 0.25) is 0 Å². The molecule has 0 aromatic heterocycles. The summed E-state index contributed by atoms with van der Waals surface area (Å²) in [7, 11) is 0. The van der Waals surface area contributed by atoms with Crippen LogP contribution in [0.5, 0.6) is 0 Å². The summed E-state index contributed by atoms with van der Waals surface area (Å²) in [4.78, 5) is 12.0. The Morgan fingerprint density at radius 2 is 1.67 bits per heavy atom. The van der Waals surface area contributed by atoms with E-state index in [4.69, 9.17) is 0 Å². The number of rotatable bonds is 2. The van der Waals surface area contributed by atoms with Gasteiger partial charge in [-0.3, -0.25) is 4.79 Å². The van der Waals surface area contributed by atoms with Crippen LogP contribution in [0.1, 0.15) is 21.5 Å². The van der Waals surface area contributed by atoms with Crippen molar-refractivity contribution in [3.8, 4) is 0 Å². The monoisotopic (exact) mass is 310 g/mol. The fourth-order valence-corrected chi connectivity index (χ4v) is 1.87. The average molecular weight is 311 g/mol. The Bertz CT molecular complexity index is 606. The van der Waals surface area contributed by atoms with Crippen LogP contribution in [0.3, 0.4) is 0 Å². The second kappa shape index (κ2) is 4.98. The van der Waals surface area contributed by atoms with E-state index in [2.05, 4.69) is 15.9 Å². The number of carbonyl (C=O) groups excluding carboxylic acids is 1. The maximum atomic E-state index is 13.6. The van der Waals surface area contributed by atoms with Gasteiger partial charge in [0.05, 0.1) is 10.0 Å². The topological polar surface area (TPSA) is 17.1 Å². The molecule has 0 aliphatic heterocycles. The number of carbonyl (C=O) groups is 1. The molecule has 0 fully saturated rings. The van der Waals surface area contributed by atoms with Crippen LogP contribution in [-0.4, -0.2) is 5.78 Å². The summed E-state index contributed by atoms with van der Waals surface area (Å²) >= 11 is 2.87. The minimum atomic E-state index is -0.742. The number of aryl methyl sites for hydroxylation is 1. The van der Waals surface area contributed by atoms with Crippen molar-refractivity contribution >= 4 is 21.7 Å². The van der Waals surface area contributed by atoms with Crippen molar-refractivity contribution in [3.63, 3.8) is 0 Å². The van der Waals surface area contributed by atoms with E-state index in [0.717, 1.165) is 17.7 Å². The maximum Gasteiger partial charge on any atom is 0.196 e. The van der Waals surface area contributed by atoms with Gasteiger partial charge in [-0.2, -0.15) is 0 Å². The predicted molar refractivity (Wildman–Crippen MR) is 68.7 cm³/mol. The summed E-state index contributed by atoms with van der Waals surface area (Å²) in [5.74, 6) is -1.93. The highest BCUT2D eigenvalue weighted by molar-refractivity contribution is 9.10. The molecule has 2 aromatic rings. The summed E-state index contributed by atoms with van der Waals surface area (Å²) in [6, 6.07) is 8.55. The lowest BCUT2D eigenvalue weighted by atomic mass is 10.0. The Labute approximate surface area is 112 Å². The van der Waals surface area contributed by atoms with Crippen molar-refractivity contribution < 1.29 is 13.6 Å². The summed E-state index contributed by atoms with van der Waals surface area (Å²) < 4.78 is 27.0. The van der Waals surface area contributed by atoms with E-state index in [1.54, 1.807) is 24.3 Å². The molecule has 0 radical (unpaired) electrons. The molecule has 0 unspecified atom stereocenters. The number of halogens is 3. The highest BCUT2D eigenvalue weighted by Crippen LogP contribution is 2.22. The van der Waals surface area contributed by atoms with Gasteiger partial charge in [0, 0.05) is 5.56 Å². The fourth-order valence-electron chi connectivity index (χ4n) is 1.56. The summed E-state index contributed by atoms with van der Waals surface area (Å²) in [5, 5.41) is 0. The lowest BCUT2D eigenvalue weighted by Crippen LogP contribution is -2.05. The molecule has 4 heteroatoms. The van der Waals surface area contributed by atoms with Crippen LogP contribution in [0.15, 0.2) is 40.9 Å². The molecule has 0 atom stereocenters. The number of ketones is 1. The Morgan fingerprint density at radius 1 is 1.06 bits per heavy atom. The molecule has 2 aromatic carbocycles. The van der Waals surface area contributed by atoms with E-state index < -0.39 is 17.4 Å². The van der Waals surface area contributed by atoms with Gasteiger partial charge in [-0.1, -0.05) is 29.8 Å². The molecule has 0 amide bonds. The van der Waals surface area contributed by atoms with E-state index in [0.29, 0.717) is 5.56 Å². The van der Waals surface area contributed by atoms with E-state index in [1.165, 1.54) is 0 Å². The van der Waals surface area contributed by atoms with Gasteiger partial charge in [0.15, 0.2) is 5.78 Å². The predicted octanol–water partition coefficient (Wildman–Crippen LogP) is 4.27. The highest BCUT2D eigenvalue weighted by atomic mass is 79.9. The van der Waals surface area contributed by atoms with Crippen molar-refractivity contribution in [1.82, 2.24) is 0 Å². The molecule has 0 saturated carbocycles. The van der Waals surface area contributed by atoms with Gasteiger partial charge in [-0.05, 0) is 35.0 Å². The molecule has 92 valence electrons. The SMILES string of the molecule is Cc1ccc(C(=O)c2cc(F)c(Br)cc2F)cc1. The number of hydrogen-bond donors (Lipinski definition) is 0. The van der Waals surface area contributed by atoms with Crippen LogP contribution in [-0.2, 0) is 0 Å². The summed E-state index contributed by atoms with van der Waals surface area (Å²) in [5.41, 5.74) is 1.06. The molecular formula is C14H9BrF2O. The van der Waals surface area contributed by atoms with E-state index >= 15 is 0 Å². The van der Waals surface area contributed by atoms with Crippen molar-refractivity contribution in [2.45, 2.75) is 6.92 Å². The Balaban J connectivity index is 2.46. The van der Waals surface area contributed by atoms with E-state index in [-0.39, 0.29) is 10.0 Å². The lowest BCUT2D eigenvalue weighted by Gasteiger charge is -2.04. The van der Waals surface area contributed by atoms with Gasteiger partial charge < -0.3 is 0 Å². The second-order valence-electron chi connectivity index (χ2n) is 3.94. The van der Waals surface area contributed by atoms with Crippen LogP contribution in [0, 0.1) is 18.6 Å². The van der Waals surface area contributed by atoms with Gasteiger partial charge in [0.1, 0.15) is 11.6 Å². The molecule has 0 saturated heterocycles. The first-order valence-corrected chi connectivity index (χ1v) is 6.04. The van der Waals surface area contributed by atoms with E-state index in [1.807, 2.05) is 6.92 Å². The highest BCUT2D eigenvalue weighted by Gasteiger charge is 2.16. The number of benzene rings is 2. The molecule has 0 heterocycles. The van der Waals surface area contributed by atoms with E-state index in [9.17, 15) is 13.6 Å². The quantitative estimate of drug-likeness (QED) is 0.598. The van der Waals surface area contributed by atoms with Crippen LogP contribution < -0.4 is 0 Å². The van der Waals surface area contributed by atoms with Gasteiger partial charge in [-0.25, -0.2) is 8.78 Å². The summed E-state index contributed by atoms with van der Waals surface area (Å²) in [6.07, 6.45) is 0. The molecule has 0 aliphatic carbocycles. The van der Waals surface area contributed by atoms with Crippen LogP contribution >= 0.6 is 15.9 Å². The minimum absolute atomic E-state index is 0.000422. The second-order valence-corrected chi connectivity index (χ2v) is 4.80. The van der Waals surface area contributed by atoms with Crippen molar-refractivity contribution in [3.05, 3.63) is 69.2 Å². The van der Waals surface area contributed by atoms with Crippen molar-refractivity contribution in [2.24, 2.45) is 0 Å². The molecular weight excluding hydrogens is 302 g/mol. The molecule has 1 nitrogen and oxygen atoms in total. The first kappa shape index (κ1) is 12.9.